The number of anilines is 1. The minimum absolute atomic E-state index is 0.216. The standard InChI is InChI=1S/C38H37N5O4/c1-45-30-19-17-26(18-20-30)22-46-33-21-32(43-25-42-34-36(39)40-24-41-37(34)43)35(44)31(33)23-47-38(27-11-5-2-6-12-27,28-13-7-3-8-14-28)29-15-9-4-10-16-29/h2-20,24-25,31-33,35,44H,21-23H2,1H3,(H2,39,40,41)/t31-,32+,33+,35+/m1/s1. The number of aliphatic hydroxyl groups is 1. The van der Waals surface area contributed by atoms with Crippen LogP contribution in [0.4, 0.5) is 5.82 Å². The molecule has 0 aliphatic heterocycles. The fourth-order valence-electron chi connectivity index (χ4n) is 6.76. The van der Waals surface area contributed by atoms with E-state index in [-0.39, 0.29) is 24.7 Å². The average molecular weight is 628 g/mol. The van der Waals surface area contributed by atoms with Crippen molar-refractivity contribution in [3.8, 4) is 5.75 Å². The molecule has 0 saturated heterocycles. The molecule has 9 nitrogen and oxygen atoms in total. The normalized spacial score (nSPS) is 19.6. The average Bonchev–Trinajstić information content (AvgIpc) is 3.70. The molecule has 1 aliphatic rings. The zero-order chi connectivity index (χ0) is 32.2. The van der Waals surface area contributed by atoms with Crippen molar-refractivity contribution in [3.63, 3.8) is 0 Å². The number of aromatic nitrogens is 4. The van der Waals surface area contributed by atoms with Crippen LogP contribution in [-0.4, -0.2) is 50.6 Å². The number of methoxy groups -OCH3 is 1. The van der Waals surface area contributed by atoms with E-state index in [2.05, 4.69) is 51.4 Å². The van der Waals surface area contributed by atoms with Crippen LogP contribution in [0.2, 0.25) is 0 Å². The second-order valence-corrected chi connectivity index (χ2v) is 11.8. The number of nitrogen functional groups attached to an aromatic ring is 1. The number of ether oxygens (including phenoxy) is 3. The van der Waals surface area contributed by atoms with Crippen molar-refractivity contribution in [2.24, 2.45) is 5.92 Å². The van der Waals surface area contributed by atoms with Gasteiger partial charge in [0, 0.05) is 5.92 Å². The Bertz CT molecular complexity index is 1810. The van der Waals surface area contributed by atoms with Gasteiger partial charge in [-0.25, -0.2) is 15.0 Å². The maximum atomic E-state index is 12.1. The van der Waals surface area contributed by atoms with Crippen molar-refractivity contribution in [3.05, 3.63) is 150 Å². The molecule has 0 bridgehead atoms. The molecule has 1 fully saturated rings. The van der Waals surface area contributed by atoms with Crippen LogP contribution in [0.3, 0.4) is 0 Å². The third-order valence-electron chi connectivity index (χ3n) is 9.18. The summed E-state index contributed by atoms with van der Waals surface area (Å²) in [5.74, 6) is 0.695. The van der Waals surface area contributed by atoms with Crippen LogP contribution in [-0.2, 0) is 21.7 Å². The molecule has 2 aromatic heterocycles. The molecule has 2 heterocycles. The number of rotatable bonds is 11. The second-order valence-electron chi connectivity index (χ2n) is 11.8. The van der Waals surface area contributed by atoms with Crippen LogP contribution < -0.4 is 10.5 Å². The van der Waals surface area contributed by atoms with Gasteiger partial charge in [-0.15, -0.1) is 0 Å². The number of imidazole rings is 1. The number of hydrogen-bond acceptors (Lipinski definition) is 8. The number of aliphatic hydroxyl groups excluding tert-OH is 1. The predicted molar refractivity (Wildman–Crippen MR) is 180 cm³/mol. The highest BCUT2D eigenvalue weighted by molar-refractivity contribution is 5.81. The zero-order valence-corrected chi connectivity index (χ0v) is 26.1. The van der Waals surface area contributed by atoms with E-state index >= 15 is 0 Å². The van der Waals surface area contributed by atoms with Gasteiger partial charge in [-0.05, 0) is 40.8 Å². The van der Waals surface area contributed by atoms with Gasteiger partial charge in [0.2, 0.25) is 0 Å². The number of hydrogen-bond donors (Lipinski definition) is 2. The maximum absolute atomic E-state index is 12.1. The molecular formula is C38H37N5O4. The SMILES string of the molecule is COc1ccc(CO[C@H]2C[C@H](n3cnc4c(N)ncnc43)[C@@H](O)[C@@H]2COC(c2ccccc2)(c2ccccc2)c2ccccc2)cc1. The molecule has 3 N–H and O–H groups in total. The van der Waals surface area contributed by atoms with Crippen molar-refractivity contribution in [1.82, 2.24) is 19.5 Å². The van der Waals surface area contributed by atoms with Gasteiger partial charge in [-0.1, -0.05) is 103 Å². The zero-order valence-electron chi connectivity index (χ0n) is 26.1. The molecule has 1 aliphatic carbocycles. The molecule has 47 heavy (non-hydrogen) atoms. The molecule has 6 aromatic rings. The molecule has 0 radical (unpaired) electrons. The van der Waals surface area contributed by atoms with Crippen LogP contribution in [0.1, 0.15) is 34.7 Å². The Morgan fingerprint density at radius 2 is 1.40 bits per heavy atom. The van der Waals surface area contributed by atoms with Crippen molar-refractivity contribution in [1.29, 1.82) is 0 Å². The third-order valence-corrected chi connectivity index (χ3v) is 9.18. The summed E-state index contributed by atoms with van der Waals surface area (Å²) in [6.45, 7) is 0.582. The van der Waals surface area contributed by atoms with Gasteiger partial charge in [0.05, 0.1) is 44.9 Å². The van der Waals surface area contributed by atoms with Gasteiger partial charge < -0.3 is 29.6 Å². The first kappa shape index (κ1) is 30.6. The van der Waals surface area contributed by atoms with Crippen LogP contribution >= 0.6 is 0 Å². The molecule has 7 rings (SSSR count). The number of nitrogens with zero attached hydrogens (tertiary/aromatic N) is 4. The minimum Gasteiger partial charge on any atom is -0.497 e. The van der Waals surface area contributed by atoms with Crippen molar-refractivity contribution >= 4 is 17.0 Å². The Labute approximate surface area is 273 Å². The molecule has 1 saturated carbocycles. The summed E-state index contributed by atoms with van der Waals surface area (Å²) in [5, 5.41) is 12.1. The number of benzene rings is 4. The molecule has 0 amide bonds. The molecule has 238 valence electrons. The Morgan fingerprint density at radius 3 is 1.98 bits per heavy atom. The van der Waals surface area contributed by atoms with Gasteiger partial charge in [-0.2, -0.15) is 0 Å². The fourth-order valence-corrected chi connectivity index (χ4v) is 6.76. The predicted octanol–water partition coefficient (Wildman–Crippen LogP) is 5.93. The topological polar surface area (TPSA) is 118 Å². The molecule has 0 unspecified atom stereocenters. The largest absolute Gasteiger partial charge is 0.497 e. The van der Waals surface area contributed by atoms with Crippen LogP contribution in [0.5, 0.6) is 5.75 Å². The first-order chi connectivity index (χ1) is 23.1. The summed E-state index contributed by atoms with van der Waals surface area (Å²) in [6, 6.07) is 38.2. The van der Waals surface area contributed by atoms with E-state index in [0.29, 0.717) is 30.0 Å². The molecule has 9 heteroatoms. The van der Waals surface area contributed by atoms with E-state index < -0.39 is 11.7 Å². The minimum atomic E-state index is -0.939. The number of fused-ring (bicyclic) bond motifs is 1. The lowest BCUT2D eigenvalue weighted by atomic mass is 9.80. The van der Waals surface area contributed by atoms with Gasteiger partial charge >= 0.3 is 0 Å². The van der Waals surface area contributed by atoms with Crippen molar-refractivity contribution < 1.29 is 19.3 Å². The summed E-state index contributed by atoms with van der Waals surface area (Å²) in [5.41, 5.74) is 10.2. The van der Waals surface area contributed by atoms with Crippen molar-refractivity contribution in [2.45, 2.75) is 36.9 Å². The molecule has 4 aromatic carbocycles. The first-order valence-corrected chi connectivity index (χ1v) is 15.7. The maximum Gasteiger partial charge on any atom is 0.165 e. The molecule has 4 atom stereocenters. The smallest absolute Gasteiger partial charge is 0.165 e. The van der Waals surface area contributed by atoms with Crippen LogP contribution in [0, 0.1) is 5.92 Å². The van der Waals surface area contributed by atoms with Gasteiger partial charge in [0.15, 0.2) is 11.5 Å². The van der Waals surface area contributed by atoms with Crippen molar-refractivity contribution in [2.75, 3.05) is 19.5 Å². The van der Waals surface area contributed by atoms with Gasteiger partial charge in [-0.3, -0.25) is 0 Å². The summed E-state index contributed by atoms with van der Waals surface area (Å²) in [4.78, 5) is 13.0. The second kappa shape index (κ2) is 13.3. The molecular weight excluding hydrogens is 590 g/mol. The van der Waals surface area contributed by atoms with E-state index in [1.165, 1.54) is 6.33 Å². The number of nitrogens with two attached hydrogens (primary N) is 1. The van der Waals surface area contributed by atoms with E-state index in [9.17, 15) is 5.11 Å². The third kappa shape index (κ3) is 5.85. The fraction of sp³-hybridized carbons (Fsp3) is 0.237. The summed E-state index contributed by atoms with van der Waals surface area (Å²) >= 11 is 0. The summed E-state index contributed by atoms with van der Waals surface area (Å²) in [7, 11) is 1.65. The Kier molecular flexibility index (Phi) is 8.67. The van der Waals surface area contributed by atoms with Crippen LogP contribution in [0.25, 0.3) is 11.2 Å². The van der Waals surface area contributed by atoms with E-state index in [4.69, 9.17) is 19.9 Å². The van der Waals surface area contributed by atoms with Gasteiger partial charge in [0.1, 0.15) is 23.2 Å². The Morgan fingerprint density at radius 1 is 0.809 bits per heavy atom. The van der Waals surface area contributed by atoms with E-state index in [1.54, 1.807) is 13.4 Å². The monoisotopic (exact) mass is 627 g/mol. The first-order valence-electron chi connectivity index (χ1n) is 15.7. The Hall–Kier alpha value is -5.09. The summed E-state index contributed by atoms with van der Waals surface area (Å²) < 4.78 is 21.0. The van der Waals surface area contributed by atoms with E-state index in [1.807, 2.05) is 83.4 Å². The highest BCUT2D eigenvalue weighted by Gasteiger charge is 2.47. The lowest BCUT2D eigenvalue weighted by molar-refractivity contribution is -0.0770. The summed E-state index contributed by atoms with van der Waals surface area (Å²) in [6.07, 6.45) is 2.45. The highest BCUT2D eigenvalue weighted by atomic mass is 16.5. The Balaban J connectivity index is 1.26. The lowest BCUT2D eigenvalue weighted by Gasteiger charge is -2.38. The van der Waals surface area contributed by atoms with E-state index in [0.717, 1.165) is 28.0 Å². The molecule has 0 spiro atoms. The van der Waals surface area contributed by atoms with Gasteiger partial charge in [0.25, 0.3) is 0 Å². The quantitative estimate of drug-likeness (QED) is 0.170. The highest BCUT2D eigenvalue weighted by Crippen LogP contribution is 2.44. The lowest BCUT2D eigenvalue weighted by Crippen LogP contribution is -2.39. The van der Waals surface area contributed by atoms with Crippen LogP contribution in [0.15, 0.2) is 128 Å².